The molecule has 2 fully saturated rings. The predicted octanol–water partition coefficient (Wildman–Crippen LogP) is 7.39. The van der Waals surface area contributed by atoms with Gasteiger partial charge < -0.3 is 0 Å². The third-order valence-electron chi connectivity index (χ3n) is 9.93. The fourth-order valence-electron chi connectivity index (χ4n) is 7.59. The van der Waals surface area contributed by atoms with Crippen LogP contribution in [-0.4, -0.2) is 5.78 Å². The average molecular weight is 395 g/mol. The van der Waals surface area contributed by atoms with Crippen molar-refractivity contribution in [1.29, 1.82) is 0 Å². The fourth-order valence-corrected chi connectivity index (χ4v) is 7.59. The molecule has 2 saturated carbocycles. The van der Waals surface area contributed by atoms with Gasteiger partial charge in [0, 0.05) is 5.92 Å². The minimum atomic E-state index is 0.160. The predicted molar refractivity (Wildman–Crippen MR) is 122 cm³/mol. The van der Waals surface area contributed by atoms with E-state index in [0.717, 1.165) is 18.8 Å². The summed E-state index contributed by atoms with van der Waals surface area (Å²) in [6.45, 7) is 14.4. The van der Waals surface area contributed by atoms with Gasteiger partial charge in [0.2, 0.25) is 0 Å². The second-order valence-corrected chi connectivity index (χ2v) is 11.7. The van der Waals surface area contributed by atoms with Crippen molar-refractivity contribution >= 4 is 5.78 Å². The highest BCUT2D eigenvalue weighted by atomic mass is 16.1. The van der Waals surface area contributed by atoms with Crippen LogP contribution in [0.2, 0.25) is 0 Å². The van der Waals surface area contributed by atoms with E-state index in [-0.39, 0.29) is 11.3 Å². The second-order valence-electron chi connectivity index (χ2n) is 11.7. The average Bonchev–Trinajstić information content (AvgIpc) is 3.03. The van der Waals surface area contributed by atoms with Crippen molar-refractivity contribution < 1.29 is 4.79 Å². The standard InChI is InChI=1S/C28H42O/c1-18(2)19(3)10-11-20(4)22-12-13-23-21-17-26(29)25-9-7-8-15-27(25,5)24(21)14-16-28(22,23)6/h7-8,10-11,17-20,22-25H,9,12-16H2,1-6H3/b11-10+/t19-,20+,22+,23-,24-,25+,27+,28+/m0/s1. The minimum absolute atomic E-state index is 0.160. The van der Waals surface area contributed by atoms with Crippen LogP contribution in [0.25, 0.3) is 0 Å². The van der Waals surface area contributed by atoms with E-state index in [4.69, 9.17) is 0 Å². The summed E-state index contributed by atoms with van der Waals surface area (Å²) in [6.07, 6.45) is 19.0. The quantitative estimate of drug-likeness (QED) is 0.454. The van der Waals surface area contributed by atoms with Gasteiger partial charge in [0.25, 0.3) is 0 Å². The van der Waals surface area contributed by atoms with Crippen LogP contribution in [0.15, 0.2) is 36.0 Å². The summed E-state index contributed by atoms with van der Waals surface area (Å²) in [5, 5.41) is 0. The lowest BCUT2D eigenvalue weighted by Gasteiger charge is -2.55. The van der Waals surface area contributed by atoms with Crippen LogP contribution in [0.4, 0.5) is 0 Å². The van der Waals surface area contributed by atoms with E-state index in [1.54, 1.807) is 5.57 Å². The molecule has 4 aliphatic rings. The van der Waals surface area contributed by atoms with Gasteiger partial charge in [0.1, 0.15) is 0 Å². The molecule has 0 heterocycles. The Bertz CT molecular complexity index is 739. The van der Waals surface area contributed by atoms with Crippen LogP contribution in [0.3, 0.4) is 0 Å². The summed E-state index contributed by atoms with van der Waals surface area (Å²) in [5.41, 5.74) is 2.07. The molecule has 0 radical (unpaired) electrons. The Labute approximate surface area is 179 Å². The zero-order valence-corrected chi connectivity index (χ0v) is 19.6. The molecular weight excluding hydrogens is 352 g/mol. The highest BCUT2D eigenvalue weighted by Gasteiger charge is 2.58. The Hall–Kier alpha value is -1.11. The highest BCUT2D eigenvalue weighted by molar-refractivity contribution is 5.94. The lowest BCUT2D eigenvalue weighted by molar-refractivity contribution is -0.126. The van der Waals surface area contributed by atoms with Gasteiger partial charge in [-0.3, -0.25) is 4.79 Å². The van der Waals surface area contributed by atoms with Gasteiger partial charge >= 0.3 is 0 Å². The lowest BCUT2D eigenvalue weighted by atomic mass is 9.48. The molecule has 160 valence electrons. The zero-order chi connectivity index (χ0) is 21.0. The maximum atomic E-state index is 13.1. The van der Waals surface area contributed by atoms with Crippen molar-refractivity contribution in [3.05, 3.63) is 36.0 Å². The van der Waals surface area contributed by atoms with Crippen molar-refractivity contribution in [3.8, 4) is 0 Å². The molecule has 4 aliphatic carbocycles. The molecule has 29 heavy (non-hydrogen) atoms. The van der Waals surface area contributed by atoms with Gasteiger partial charge in [-0.25, -0.2) is 0 Å². The van der Waals surface area contributed by atoms with E-state index in [1.807, 2.05) is 0 Å². The van der Waals surface area contributed by atoms with Crippen molar-refractivity contribution in [2.24, 2.45) is 52.3 Å². The van der Waals surface area contributed by atoms with Crippen molar-refractivity contribution in [2.75, 3.05) is 0 Å². The molecule has 0 spiro atoms. The smallest absolute Gasteiger partial charge is 0.159 e. The van der Waals surface area contributed by atoms with Crippen LogP contribution < -0.4 is 0 Å². The number of hydrogen-bond donors (Lipinski definition) is 0. The third kappa shape index (κ3) is 3.31. The zero-order valence-electron chi connectivity index (χ0n) is 19.6. The molecule has 4 rings (SSSR count). The molecule has 0 aromatic carbocycles. The lowest BCUT2D eigenvalue weighted by Crippen LogP contribution is -2.50. The first-order chi connectivity index (χ1) is 13.7. The largest absolute Gasteiger partial charge is 0.295 e. The normalized spacial score (nSPS) is 43.7. The first-order valence-electron chi connectivity index (χ1n) is 12.3. The minimum Gasteiger partial charge on any atom is -0.295 e. The Morgan fingerprint density at radius 2 is 1.66 bits per heavy atom. The van der Waals surface area contributed by atoms with E-state index in [9.17, 15) is 4.79 Å². The maximum Gasteiger partial charge on any atom is 0.159 e. The Morgan fingerprint density at radius 3 is 2.38 bits per heavy atom. The molecule has 0 bridgehead atoms. The van der Waals surface area contributed by atoms with Gasteiger partial charge in [-0.2, -0.15) is 0 Å². The second kappa shape index (κ2) is 7.54. The van der Waals surface area contributed by atoms with E-state index < -0.39 is 0 Å². The van der Waals surface area contributed by atoms with E-state index >= 15 is 0 Å². The molecule has 0 aliphatic heterocycles. The van der Waals surface area contributed by atoms with Crippen molar-refractivity contribution in [3.63, 3.8) is 0 Å². The van der Waals surface area contributed by atoms with Crippen molar-refractivity contribution in [1.82, 2.24) is 0 Å². The molecule has 0 N–H and O–H groups in total. The molecule has 1 nitrogen and oxygen atoms in total. The Balaban J connectivity index is 1.59. The number of ketones is 1. The summed E-state index contributed by atoms with van der Waals surface area (Å²) >= 11 is 0. The van der Waals surface area contributed by atoms with Gasteiger partial charge in [-0.15, -0.1) is 0 Å². The summed E-state index contributed by atoms with van der Waals surface area (Å²) in [5.74, 6) is 4.62. The van der Waals surface area contributed by atoms with Crippen LogP contribution in [-0.2, 0) is 4.79 Å². The number of carbonyl (C=O) groups excluding carboxylic acids is 1. The first-order valence-corrected chi connectivity index (χ1v) is 12.3. The van der Waals surface area contributed by atoms with E-state index in [1.165, 1.54) is 25.7 Å². The Morgan fingerprint density at radius 1 is 0.931 bits per heavy atom. The maximum absolute atomic E-state index is 13.1. The van der Waals surface area contributed by atoms with Crippen LogP contribution >= 0.6 is 0 Å². The summed E-state index contributed by atoms with van der Waals surface area (Å²) in [6, 6.07) is 0. The topological polar surface area (TPSA) is 17.1 Å². The summed E-state index contributed by atoms with van der Waals surface area (Å²) < 4.78 is 0. The SMILES string of the molecule is CC(C)[C@@H](C)/C=C/[C@@H](C)[C@H]1CC[C@H]2C3=CC(=O)[C@H]4CC=CC[C@]4(C)[C@H]3CC[C@]12C. The Kier molecular flexibility index (Phi) is 5.50. The molecule has 0 aromatic heterocycles. The third-order valence-corrected chi connectivity index (χ3v) is 9.93. The molecule has 0 saturated heterocycles. The van der Waals surface area contributed by atoms with Crippen molar-refractivity contribution in [2.45, 2.75) is 80.1 Å². The molecule has 0 amide bonds. The van der Waals surface area contributed by atoms with Crippen LogP contribution in [0.5, 0.6) is 0 Å². The van der Waals surface area contributed by atoms with Crippen LogP contribution in [0.1, 0.15) is 80.1 Å². The number of carbonyl (C=O) groups is 1. The molecule has 0 unspecified atom stereocenters. The number of hydrogen-bond acceptors (Lipinski definition) is 1. The number of rotatable bonds is 4. The van der Waals surface area contributed by atoms with Gasteiger partial charge in [-0.1, -0.05) is 71.4 Å². The van der Waals surface area contributed by atoms with Gasteiger partial charge in [0.05, 0.1) is 0 Å². The van der Waals surface area contributed by atoms with E-state index in [2.05, 4.69) is 71.9 Å². The van der Waals surface area contributed by atoms with Crippen LogP contribution in [0, 0.1) is 52.3 Å². The summed E-state index contributed by atoms with van der Waals surface area (Å²) in [4.78, 5) is 13.1. The summed E-state index contributed by atoms with van der Waals surface area (Å²) in [7, 11) is 0. The van der Waals surface area contributed by atoms with E-state index in [0.29, 0.717) is 40.8 Å². The van der Waals surface area contributed by atoms with Gasteiger partial charge in [-0.05, 0) is 90.9 Å². The fraction of sp³-hybridized carbons (Fsp3) is 0.750. The number of allylic oxidation sites excluding steroid dienone is 6. The van der Waals surface area contributed by atoms with Gasteiger partial charge in [0.15, 0.2) is 5.78 Å². The molecule has 0 aromatic rings. The molecular formula is C28H42O. The molecule has 8 atom stereocenters. The monoisotopic (exact) mass is 394 g/mol. The first kappa shape index (κ1) is 21.1. The molecule has 1 heteroatoms. The highest BCUT2D eigenvalue weighted by Crippen LogP contribution is 2.66. The number of fused-ring (bicyclic) bond motifs is 5.